The smallest absolute Gasteiger partial charge is 0.325 e. The SMILES string of the molecule is CCOC(=O)CNC(=O)C(Nc1ccc(OC)cc1)c1ccc(Cl)cc1. The molecule has 2 aromatic carbocycles. The first kappa shape index (κ1) is 19.6. The maximum Gasteiger partial charge on any atom is 0.325 e. The van der Waals surface area contributed by atoms with E-state index in [1.165, 1.54) is 0 Å². The van der Waals surface area contributed by atoms with Gasteiger partial charge < -0.3 is 20.1 Å². The number of methoxy groups -OCH3 is 1. The molecule has 0 aromatic heterocycles. The molecular weight excluding hydrogens is 356 g/mol. The molecule has 26 heavy (non-hydrogen) atoms. The molecular formula is C19H21ClN2O4. The van der Waals surface area contributed by atoms with Crippen LogP contribution in [0.1, 0.15) is 18.5 Å². The highest BCUT2D eigenvalue weighted by Gasteiger charge is 2.21. The van der Waals surface area contributed by atoms with Gasteiger partial charge >= 0.3 is 5.97 Å². The normalized spacial score (nSPS) is 11.3. The summed E-state index contributed by atoms with van der Waals surface area (Å²) in [5.74, 6) is -0.123. The Hall–Kier alpha value is -2.73. The molecule has 2 aromatic rings. The first-order valence-electron chi connectivity index (χ1n) is 8.13. The van der Waals surface area contributed by atoms with Crippen LogP contribution in [0.3, 0.4) is 0 Å². The zero-order chi connectivity index (χ0) is 18.9. The van der Waals surface area contributed by atoms with Crippen LogP contribution in [0.4, 0.5) is 5.69 Å². The fraction of sp³-hybridized carbons (Fsp3) is 0.263. The van der Waals surface area contributed by atoms with Crippen molar-refractivity contribution in [1.82, 2.24) is 5.32 Å². The number of hydrogen-bond acceptors (Lipinski definition) is 5. The van der Waals surface area contributed by atoms with E-state index >= 15 is 0 Å². The summed E-state index contributed by atoms with van der Waals surface area (Å²) < 4.78 is 9.97. The summed E-state index contributed by atoms with van der Waals surface area (Å²) in [5.41, 5.74) is 1.45. The number of ether oxygens (including phenoxy) is 2. The van der Waals surface area contributed by atoms with Crippen molar-refractivity contribution in [3.63, 3.8) is 0 Å². The Morgan fingerprint density at radius 1 is 1.08 bits per heavy atom. The molecule has 138 valence electrons. The van der Waals surface area contributed by atoms with E-state index in [-0.39, 0.29) is 19.1 Å². The van der Waals surface area contributed by atoms with Gasteiger partial charge in [0.2, 0.25) is 5.91 Å². The minimum Gasteiger partial charge on any atom is -0.497 e. The Labute approximate surface area is 157 Å². The van der Waals surface area contributed by atoms with Gasteiger partial charge in [0.05, 0.1) is 13.7 Å². The number of anilines is 1. The van der Waals surface area contributed by atoms with Gasteiger partial charge in [0.1, 0.15) is 18.3 Å². The van der Waals surface area contributed by atoms with Crippen LogP contribution in [-0.4, -0.2) is 32.1 Å². The van der Waals surface area contributed by atoms with Gasteiger partial charge in [-0.05, 0) is 48.9 Å². The molecule has 0 radical (unpaired) electrons. The third-order valence-electron chi connectivity index (χ3n) is 3.58. The number of benzene rings is 2. The number of amides is 1. The molecule has 0 bridgehead atoms. The largest absolute Gasteiger partial charge is 0.497 e. The number of nitrogens with one attached hydrogen (secondary N) is 2. The number of rotatable bonds is 8. The van der Waals surface area contributed by atoms with Crippen molar-refractivity contribution in [2.45, 2.75) is 13.0 Å². The average Bonchev–Trinajstić information content (AvgIpc) is 2.66. The van der Waals surface area contributed by atoms with Crippen LogP contribution >= 0.6 is 11.6 Å². The van der Waals surface area contributed by atoms with Gasteiger partial charge in [0.15, 0.2) is 0 Å². The average molecular weight is 377 g/mol. The highest BCUT2D eigenvalue weighted by molar-refractivity contribution is 6.30. The zero-order valence-corrected chi connectivity index (χ0v) is 15.4. The first-order chi connectivity index (χ1) is 12.5. The van der Waals surface area contributed by atoms with Gasteiger partial charge in [-0.1, -0.05) is 23.7 Å². The second-order valence-electron chi connectivity index (χ2n) is 5.38. The molecule has 0 aliphatic carbocycles. The Morgan fingerprint density at radius 3 is 2.31 bits per heavy atom. The third-order valence-corrected chi connectivity index (χ3v) is 3.83. The molecule has 2 N–H and O–H groups in total. The van der Waals surface area contributed by atoms with Crippen molar-refractivity contribution >= 4 is 29.2 Å². The quantitative estimate of drug-likeness (QED) is 0.692. The minimum absolute atomic E-state index is 0.193. The fourth-order valence-corrected chi connectivity index (χ4v) is 2.41. The molecule has 0 fully saturated rings. The van der Waals surface area contributed by atoms with Crippen molar-refractivity contribution in [3.05, 3.63) is 59.1 Å². The highest BCUT2D eigenvalue weighted by atomic mass is 35.5. The van der Waals surface area contributed by atoms with Gasteiger partial charge in [-0.3, -0.25) is 9.59 Å². The number of hydrogen-bond donors (Lipinski definition) is 2. The lowest BCUT2D eigenvalue weighted by Gasteiger charge is -2.20. The summed E-state index contributed by atoms with van der Waals surface area (Å²) in [6, 6.07) is 13.4. The van der Waals surface area contributed by atoms with E-state index in [4.69, 9.17) is 21.1 Å². The molecule has 6 nitrogen and oxygen atoms in total. The van der Waals surface area contributed by atoms with Gasteiger partial charge in [0, 0.05) is 10.7 Å². The third kappa shape index (κ3) is 5.67. The molecule has 1 amide bonds. The molecule has 0 saturated heterocycles. The van der Waals surface area contributed by atoms with Gasteiger partial charge in [-0.2, -0.15) is 0 Å². The van der Waals surface area contributed by atoms with Crippen LogP contribution < -0.4 is 15.4 Å². The van der Waals surface area contributed by atoms with E-state index in [0.717, 1.165) is 5.69 Å². The summed E-state index contributed by atoms with van der Waals surface area (Å²) in [7, 11) is 1.59. The lowest BCUT2D eigenvalue weighted by molar-refractivity contribution is -0.143. The summed E-state index contributed by atoms with van der Waals surface area (Å²) in [5, 5.41) is 6.32. The predicted octanol–water partition coefficient (Wildman–Crippen LogP) is 3.18. The van der Waals surface area contributed by atoms with Crippen LogP contribution in [0.15, 0.2) is 48.5 Å². The molecule has 2 rings (SSSR count). The molecule has 0 heterocycles. The molecule has 0 aliphatic rings. The number of carbonyl (C=O) groups is 2. The molecule has 0 saturated carbocycles. The molecule has 1 unspecified atom stereocenters. The summed E-state index contributed by atoms with van der Waals surface area (Å²) in [4.78, 5) is 24.1. The highest BCUT2D eigenvalue weighted by Crippen LogP contribution is 2.23. The lowest BCUT2D eigenvalue weighted by Crippen LogP contribution is -2.37. The van der Waals surface area contributed by atoms with Crippen LogP contribution in [0.25, 0.3) is 0 Å². The van der Waals surface area contributed by atoms with Crippen LogP contribution in [0.5, 0.6) is 5.75 Å². The first-order valence-corrected chi connectivity index (χ1v) is 8.50. The predicted molar refractivity (Wildman–Crippen MR) is 100 cm³/mol. The van der Waals surface area contributed by atoms with E-state index in [9.17, 15) is 9.59 Å². The Morgan fingerprint density at radius 2 is 1.73 bits per heavy atom. The maximum absolute atomic E-state index is 12.6. The summed E-state index contributed by atoms with van der Waals surface area (Å²) in [6.45, 7) is 1.78. The van der Waals surface area contributed by atoms with Crippen molar-refractivity contribution in [2.75, 3.05) is 25.6 Å². The lowest BCUT2D eigenvalue weighted by atomic mass is 10.1. The molecule has 0 aliphatic heterocycles. The monoisotopic (exact) mass is 376 g/mol. The molecule has 0 spiro atoms. The second kappa shape index (κ2) is 9.68. The van der Waals surface area contributed by atoms with E-state index in [2.05, 4.69) is 10.6 Å². The van der Waals surface area contributed by atoms with Gasteiger partial charge in [-0.25, -0.2) is 0 Å². The Kier molecular flexibility index (Phi) is 7.29. The Bertz CT molecular complexity index is 732. The second-order valence-corrected chi connectivity index (χ2v) is 5.82. The van der Waals surface area contributed by atoms with E-state index in [1.807, 2.05) is 0 Å². The number of carbonyl (C=O) groups excluding carboxylic acids is 2. The molecule has 7 heteroatoms. The van der Waals surface area contributed by atoms with Crippen molar-refractivity contribution in [3.8, 4) is 5.75 Å². The Balaban J connectivity index is 2.16. The van der Waals surface area contributed by atoms with Crippen LogP contribution in [0.2, 0.25) is 5.02 Å². The summed E-state index contributed by atoms with van der Waals surface area (Å²) >= 11 is 5.93. The zero-order valence-electron chi connectivity index (χ0n) is 14.6. The maximum atomic E-state index is 12.6. The standard InChI is InChI=1S/C19H21ClN2O4/c1-3-26-17(23)12-21-19(24)18(13-4-6-14(20)7-5-13)22-15-8-10-16(25-2)11-9-15/h4-11,18,22H,3,12H2,1-2H3,(H,21,24). The number of halogens is 1. The topological polar surface area (TPSA) is 76.7 Å². The summed E-state index contributed by atoms with van der Waals surface area (Å²) in [6.07, 6.45) is 0. The van der Waals surface area contributed by atoms with Gasteiger partial charge in [-0.15, -0.1) is 0 Å². The number of esters is 1. The minimum atomic E-state index is -0.699. The van der Waals surface area contributed by atoms with Crippen molar-refractivity contribution in [2.24, 2.45) is 0 Å². The van der Waals surface area contributed by atoms with Crippen molar-refractivity contribution in [1.29, 1.82) is 0 Å². The van der Waals surface area contributed by atoms with Crippen molar-refractivity contribution < 1.29 is 19.1 Å². The molecule has 1 atom stereocenters. The van der Waals surface area contributed by atoms with Gasteiger partial charge in [0.25, 0.3) is 0 Å². The van der Waals surface area contributed by atoms with E-state index in [1.54, 1.807) is 62.6 Å². The fourth-order valence-electron chi connectivity index (χ4n) is 2.28. The van der Waals surface area contributed by atoms with Crippen LogP contribution in [0, 0.1) is 0 Å². The van der Waals surface area contributed by atoms with Crippen LogP contribution in [-0.2, 0) is 14.3 Å². The van der Waals surface area contributed by atoms with E-state index in [0.29, 0.717) is 16.3 Å². The van der Waals surface area contributed by atoms with E-state index < -0.39 is 12.0 Å².